The van der Waals surface area contributed by atoms with Crippen LogP contribution in [0.3, 0.4) is 0 Å². The molecule has 1 amide bonds. The first-order valence-electron chi connectivity index (χ1n) is 8.54. The van der Waals surface area contributed by atoms with Gasteiger partial charge in [-0.2, -0.15) is 0 Å². The normalized spacial score (nSPS) is 19.2. The van der Waals surface area contributed by atoms with Crippen LogP contribution in [0.4, 0.5) is 0 Å². The lowest BCUT2D eigenvalue weighted by atomic mass is 9.91. The maximum atomic E-state index is 11.8. The monoisotopic (exact) mass is 300 g/mol. The second-order valence-electron chi connectivity index (χ2n) is 7.01. The number of nitrogens with zero attached hydrogens (tertiary/aromatic N) is 1. The minimum Gasteiger partial charge on any atom is -0.376 e. The van der Waals surface area contributed by atoms with E-state index in [1.807, 2.05) is 13.8 Å². The highest BCUT2D eigenvalue weighted by molar-refractivity contribution is 5.78. The fourth-order valence-electron chi connectivity index (χ4n) is 3.01. The number of hydrogen-bond acceptors (Lipinski definition) is 3. The van der Waals surface area contributed by atoms with Gasteiger partial charge in [0.15, 0.2) is 0 Å². The van der Waals surface area contributed by atoms with Gasteiger partial charge in [-0.1, -0.05) is 0 Å². The quantitative estimate of drug-likeness (QED) is 0.749. The van der Waals surface area contributed by atoms with Crippen LogP contribution in [-0.2, 0) is 9.53 Å². The van der Waals surface area contributed by atoms with Gasteiger partial charge in [-0.3, -0.25) is 9.69 Å². The van der Waals surface area contributed by atoms with E-state index in [0.29, 0.717) is 18.8 Å². The number of amides is 1. The third-order valence-corrected chi connectivity index (χ3v) is 4.01. The Morgan fingerprint density at radius 3 is 2.38 bits per heavy atom. The molecule has 0 bridgehead atoms. The average Bonchev–Trinajstić information content (AvgIpc) is 2.36. The summed E-state index contributed by atoms with van der Waals surface area (Å²) in [5.74, 6) is 0.954. The molecule has 126 valence electrons. The predicted octanol–water partition coefficient (Wildman–Crippen LogP) is 3.06. The second-order valence-corrected chi connectivity index (χ2v) is 7.01. The van der Waals surface area contributed by atoms with Crippen LogP contribution in [0.15, 0.2) is 0 Å². The minimum absolute atomic E-state index is 0. The number of ether oxygens (including phenoxy) is 1. The molecule has 1 saturated heterocycles. The van der Waals surface area contributed by atoms with E-state index >= 15 is 0 Å². The van der Waals surface area contributed by atoms with E-state index in [1.165, 1.54) is 19.3 Å². The van der Waals surface area contributed by atoms with Crippen molar-refractivity contribution in [3.8, 4) is 0 Å². The van der Waals surface area contributed by atoms with Gasteiger partial charge in [0.2, 0.25) is 5.91 Å². The number of piperidine rings is 1. The van der Waals surface area contributed by atoms with Crippen LogP contribution in [-0.4, -0.2) is 48.7 Å². The number of likely N-dealkylation sites (tertiary alicyclic amines) is 1. The molecule has 0 aliphatic carbocycles. The fraction of sp³-hybridized carbons (Fsp3) is 0.941. The molecule has 4 nitrogen and oxygen atoms in total. The lowest BCUT2D eigenvalue weighted by Crippen LogP contribution is -2.43. The second kappa shape index (κ2) is 9.42. The lowest BCUT2D eigenvalue weighted by molar-refractivity contribution is -0.123. The number of carbonyl (C=O) groups excluding carboxylic acids is 1. The van der Waals surface area contributed by atoms with Crippen LogP contribution in [0.25, 0.3) is 0 Å². The summed E-state index contributed by atoms with van der Waals surface area (Å²) < 4.78 is 5.79. The Bertz CT molecular complexity index is 303. The van der Waals surface area contributed by atoms with E-state index in [-0.39, 0.29) is 13.4 Å². The van der Waals surface area contributed by atoms with Gasteiger partial charge in [0.1, 0.15) is 0 Å². The van der Waals surface area contributed by atoms with E-state index in [1.54, 1.807) is 0 Å². The summed E-state index contributed by atoms with van der Waals surface area (Å²) in [6.07, 6.45) is 5.50. The summed E-state index contributed by atoms with van der Waals surface area (Å²) in [4.78, 5) is 14.0. The highest BCUT2D eigenvalue weighted by Gasteiger charge is 2.21. The summed E-state index contributed by atoms with van der Waals surface area (Å²) in [5, 5.41) is 2.96. The Morgan fingerprint density at radius 1 is 1.24 bits per heavy atom. The molecule has 1 aliphatic heterocycles. The van der Waals surface area contributed by atoms with Gasteiger partial charge in [-0.05, 0) is 79.3 Å². The molecule has 4 heteroatoms. The zero-order valence-electron chi connectivity index (χ0n) is 14.5. The van der Waals surface area contributed by atoms with Crippen LogP contribution < -0.4 is 5.32 Å². The molecule has 21 heavy (non-hydrogen) atoms. The van der Waals surface area contributed by atoms with Gasteiger partial charge in [-0.15, -0.1) is 0 Å². The van der Waals surface area contributed by atoms with E-state index in [2.05, 4.69) is 31.0 Å². The molecule has 0 radical (unpaired) electrons. The van der Waals surface area contributed by atoms with Crippen molar-refractivity contribution < 1.29 is 11.0 Å². The maximum absolute atomic E-state index is 11.8. The Morgan fingerprint density at radius 2 is 1.86 bits per heavy atom. The van der Waals surface area contributed by atoms with Gasteiger partial charge in [-0.25, -0.2) is 0 Å². The Balaban J connectivity index is 0.00000441. The molecule has 0 saturated carbocycles. The average molecular weight is 300 g/mol. The van der Waals surface area contributed by atoms with Crippen LogP contribution in [0.1, 0.15) is 61.7 Å². The van der Waals surface area contributed by atoms with Gasteiger partial charge in [0, 0.05) is 7.47 Å². The predicted molar refractivity (Wildman–Crippen MR) is 89.5 cm³/mol. The summed E-state index contributed by atoms with van der Waals surface area (Å²) in [6.45, 7) is 13.0. The molecule has 1 unspecified atom stereocenters. The zero-order chi connectivity index (χ0) is 15.8. The Kier molecular flexibility index (Phi) is 8.27. The van der Waals surface area contributed by atoms with Gasteiger partial charge in [0.25, 0.3) is 0 Å². The molecule has 1 heterocycles. The van der Waals surface area contributed by atoms with E-state index < -0.39 is 0 Å². The number of nitrogens with one attached hydrogen (secondary N) is 1. The fourth-order valence-corrected chi connectivity index (χ4v) is 3.01. The van der Waals surface area contributed by atoms with Crippen molar-refractivity contribution in [2.45, 2.75) is 78.6 Å². The maximum Gasteiger partial charge on any atom is 0.234 e. The summed E-state index contributed by atoms with van der Waals surface area (Å²) in [7, 11) is 0. The molecule has 1 N–H and O–H groups in total. The molecular weight excluding hydrogens is 264 g/mol. The van der Waals surface area contributed by atoms with Crippen molar-refractivity contribution in [2.24, 2.45) is 5.92 Å². The van der Waals surface area contributed by atoms with Crippen molar-refractivity contribution >= 4 is 5.91 Å². The first-order chi connectivity index (χ1) is 9.86. The highest BCUT2D eigenvalue weighted by atomic mass is 16.5. The largest absolute Gasteiger partial charge is 0.376 e. The number of hydrogen-bond donors (Lipinski definition) is 1. The van der Waals surface area contributed by atoms with E-state index in [0.717, 1.165) is 25.4 Å². The molecule has 1 fully saturated rings. The Labute approximate surface area is 132 Å². The van der Waals surface area contributed by atoms with Crippen molar-refractivity contribution in [3.63, 3.8) is 0 Å². The minimum atomic E-state index is 0. The van der Waals surface area contributed by atoms with Crippen LogP contribution in [0, 0.1) is 5.92 Å². The van der Waals surface area contributed by atoms with Crippen LogP contribution >= 0.6 is 0 Å². The molecule has 0 aromatic heterocycles. The summed E-state index contributed by atoms with van der Waals surface area (Å²) >= 11 is 0. The molecular formula is C17H36N2O2. The van der Waals surface area contributed by atoms with Crippen LogP contribution in [0.2, 0.25) is 0 Å². The highest BCUT2D eigenvalue weighted by Crippen LogP contribution is 2.23. The first-order valence-corrected chi connectivity index (χ1v) is 8.54. The molecule has 0 aromatic carbocycles. The van der Waals surface area contributed by atoms with Gasteiger partial charge < -0.3 is 10.1 Å². The smallest absolute Gasteiger partial charge is 0.234 e. The molecule has 1 aliphatic rings. The molecule has 1 rings (SSSR count). The molecule has 0 spiro atoms. The van der Waals surface area contributed by atoms with Gasteiger partial charge in [0.05, 0.1) is 18.8 Å². The summed E-state index contributed by atoms with van der Waals surface area (Å²) in [5.41, 5.74) is 0. The summed E-state index contributed by atoms with van der Waals surface area (Å²) in [6, 6.07) is 0.234. The Hall–Kier alpha value is -0.610. The first kappa shape index (κ1) is 18.4. The SMILES string of the molecule is CC(C)NC(=O)CN1CCC(CCC(C)OC(C)C)CC1.[HH]. The molecule has 0 aromatic rings. The van der Waals surface area contributed by atoms with Crippen molar-refractivity contribution in [3.05, 3.63) is 0 Å². The van der Waals surface area contributed by atoms with Crippen molar-refractivity contribution in [1.29, 1.82) is 0 Å². The number of carbonyl (C=O) groups is 1. The third kappa shape index (κ3) is 8.42. The standard InChI is InChI=1S/C17H34N2O2.H2/c1-13(2)18-17(20)12-19-10-8-16(9-11-19)7-6-15(5)21-14(3)4;/h13-16H,6-12H2,1-5H3,(H,18,20);1H. The third-order valence-electron chi connectivity index (χ3n) is 4.01. The topological polar surface area (TPSA) is 41.6 Å². The van der Waals surface area contributed by atoms with Crippen molar-refractivity contribution in [2.75, 3.05) is 19.6 Å². The lowest BCUT2D eigenvalue weighted by Gasteiger charge is -2.32. The van der Waals surface area contributed by atoms with E-state index in [4.69, 9.17) is 4.74 Å². The van der Waals surface area contributed by atoms with Crippen molar-refractivity contribution in [1.82, 2.24) is 10.2 Å². The van der Waals surface area contributed by atoms with Gasteiger partial charge >= 0.3 is 0 Å². The molecule has 1 atom stereocenters. The zero-order valence-corrected chi connectivity index (χ0v) is 14.5. The number of rotatable bonds is 8. The van der Waals surface area contributed by atoms with E-state index in [9.17, 15) is 4.79 Å². The van der Waals surface area contributed by atoms with Crippen LogP contribution in [0.5, 0.6) is 0 Å².